The fraction of sp³-hybridized carbons (Fsp3) is 0.556. The largest absolute Gasteiger partial charge is 0.459 e. The van der Waals surface area contributed by atoms with Crippen LogP contribution < -0.4 is 0 Å². The lowest BCUT2D eigenvalue weighted by Crippen LogP contribution is -2.43. The summed E-state index contributed by atoms with van der Waals surface area (Å²) in [7, 11) is 0. The minimum absolute atomic E-state index is 0.112. The van der Waals surface area contributed by atoms with E-state index in [4.69, 9.17) is 9.47 Å². The topological polar surface area (TPSA) is 99.0 Å². The van der Waals surface area contributed by atoms with Gasteiger partial charge < -0.3 is 14.4 Å². The molecular formula is C18H24N2O6. The van der Waals surface area contributed by atoms with Crippen molar-refractivity contribution in [3.63, 3.8) is 0 Å². The molecule has 26 heavy (non-hydrogen) atoms. The Bertz CT molecular complexity index is 702. The Balaban J connectivity index is 1.94. The first-order chi connectivity index (χ1) is 12.1. The molecule has 1 aliphatic rings. The summed E-state index contributed by atoms with van der Waals surface area (Å²) in [4.78, 5) is 36.5. The van der Waals surface area contributed by atoms with Gasteiger partial charge in [-0.15, -0.1) is 0 Å². The number of piperidine rings is 1. The van der Waals surface area contributed by atoms with Gasteiger partial charge in [0.25, 0.3) is 5.69 Å². The Kier molecular flexibility index (Phi) is 5.84. The van der Waals surface area contributed by atoms with Crippen molar-refractivity contribution in [2.24, 2.45) is 0 Å². The molecule has 8 nitrogen and oxygen atoms in total. The molecular weight excluding hydrogens is 340 g/mol. The van der Waals surface area contributed by atoms with Crippen molar-refractivity contribution in [2.45, 2.75) is 52.2 Å². The molecule has 0 atom stereocenters. The fourth-order valence-electron chi connectivity index (χ4n) is 2.74. The molecule has 1 saturated heterocycles. The second-order valence-electron chi connectivity index (χ2n) is 7.28. The van der Waals surface area contributed by atoms with Gasteiger partial charge in [-0.2, -0.15) is 0 Å². The lowest BCUT2D eigenvalue weighted by atomic mass is 10.1. The van der Waals surface area contributed by atoms with Crippen LogP contribution in [0.5, 0.6) is 0 Å². The van der Waals surface area contributed by atoms with Gasteiger partial charge in [0, 0.05) is 37.6 Å². The highest BCUT2D eigenvalue weighted by Gasteiger charge is 2.29. The molecule has 0 unspecified atom stereocenters. The summed E-state index contributed by atoms with van der Waals surface area (Å²) >= 11 is 0. The first-order valence-corrected chi connectivity index (χ1v) is 8.51. The first-order valence-electron chi connectivity index (χ1n) is 8.51. The Morgan fingerprint density at radius 2 is 1.85 bits per heavy atom. The first kappa shape index (κ1) is 19.7. The maximum Gasteiger partial charge on any atom is 0.410 e. The maximum atomic E-state index is 12.4. The van der Waals surface area contributed by atoms with Gasteiger partial charge in [-0.05, 0) is 33.8 Å². The van der Waals surface area contributed by atoms with Gasteiger partial charge >= 0.3 is 12.1 Å². The maximum absolute atomic E-state index is 12.4. The van der Waals surface area contributed by atoms with E-state index < -0.39 is 16.5 Å². The van der Waals surface area contributed by atoms with Gasteiger partial charge in [-0.3, -0.25) is 10.1 Å². The number of likely N-dealkylation sites (tertiary alicyclic amines) is 1. The number of hydrogen-bond donors (Lipinski definition) is 0. The molecule has 1 heterocycles. The Hall–Kier alpha value is -2.64. The van der Waals surface area contributed by atoms with Crippen LogP contribution in [-0.4, -0.2) is 46.7 Å². The van der Waals surface area contributed by atoms with E-state index in [2.05, 4.69) is 0 Å². The Labute approximate surface area is 152 Å². The molecule has 0 N–H and O–H groups in total. The van der Waals surface area contributed by atoms with Crippen LogP contribution in [-0.2, 0) is 9.47 Å². The molecule has 8 heteroatoms. The Morgan fingerprint density at radius 1 is 1.23 bits per heavy atom. The van der Waals surface area contributed by atoms with Crippen LogP contribution in [0.15, 0.2) is 18.2 Å². The van der Waals surface area contributed by atoms with E-state index in [1.807, 2.05) is 0 Å². The standard InChI is InChI=1S/C18H24N2O6/c1-12-14(6-5-7-15(12)20(23)24)16(21)25-13-8-10-19(11-9-13)17(22)26-18(2,3)4/h5-7,13H,8-11H2,1-4H3. The average molecular weight is 364 g/mol. The molecule has 1 aromatic rings. The molecule has 1 aromatic carbocycles. The van der Waals surface area contributed by atoms with E-state index in [1.54, 1.807) is 25.7 Å². The molecule has 142 valence electrons. The van der Waals surface area contributed by atoms with Crippen molar-refractivity contribution < 1.29 is 24.0 Å². The average Bonchev–Trinajstić information content (AvgIpc) is 2.53. The Morgan fingerprint density at radius 3 is 2.38 bits per heavy atom. The van der Waals surface area contributed by atoms with Crippen molar-refractivity contribution in [1.29, 1.82) is 0 Å². The number of ether oxygens (including phenoxy) is 2. The second kappa shape index (κ2) is 7.72. The second-order valence-corrected chi connectivity index (χ2v) is 7.28. The number of nitro groups is 1. The summed E-state index contributed by atoms with van der Waals surface area (Å²) in [6, 6.07) is 4.33. The lowest BCUT2D eigenvalue weighted by molar-refractivity contribution is -0.385. The fourth-order valence-corrected chi connectivity index (χ4v) is 2.74. The molecule has 1 aliphatic heterocycles. The highest BCUT2D eigenvalue weighted by molar-refractivity contribution is 5.92. The van der Waals surface area contributed by atoms with E-state index in [0.29, 0.717) is 25.9 Å². The summed E-state index contributed by atoms with van der Waals surface area (Å²) in [5, 5.41) is 11.0. The van der Waals surface area contributed by atoms with Gasteiger partial charge in [0.2, 0.25) is 0 Å². The number of carbonyl (C=O) groups is 2. The molecule has 0 radical (unpaired) electrons. The predicted molar refractivity (Wildman–Crippen MR) is 94.1 cm³/mol. The number of hydrogen-bond acceptors (Lipinski definition) is 6. The van der Waals surface area contributed by atoms with Gasteiger partial charge in [0.1, 0.15) is 11.7 Å². The molecule has 0 spiro atoms. The number of carbonyl (C=O) groups excluding carboxylic acids is 2. The SMILES string of the molecule is Cc1c(C(=O)OC2CCN(C(=O)OC(C)(C)C)CC2)cccc1[N+](=O)[O-]. The lowest BCUT2D eigenvalue weighted by Gasteiger charge is -2.33. The molecule has 0 bridgehead atoms. The number of amides is 1. The van der Waals surface area contributed by atoms with Crippen molar-refractivity contribution >= 4 is 17.7 Å². The zero-order valence-corrected chi connectivity index (χ0v) is 15.5. The van der Waals surface area contributed by atoms with E-state index >= 15 is 0 Å². The predicted octanol–water partition coefficient (Wildman–Crippen LogP) is 3.46. The van der Waals surface area contributed by atoms with E-state index in [9.17, 15) is 19.7 Å². The van der Waals surface area contributed by atoms with Crippen molar-refractivity contribution in [1.82, 2.24) is 4.90 Å². The van der Waals surface area contributed by atoms with Crippen LogP contribution >= 0.6 is 0 Å². The van der Waals surface area contributed by atoms with Crippen LogP contribution in [0.1, 0.15) is 49.5 Å². The third-order valence-corrected chi connectivity index (χ3v) is 4.09. The molecule has 1 amide bonds. The summed E-state index contributed by atoms with van der Waals surface area (Å²) < 4.78 is 10.8. The van der Waals surface area contributed by atoms with Gasteiger partial charge in [0.15, 0.2) is 0 Å². The van der Waals surface area contributed by atoms with Crippen molar-refractivity contribution in [3.8, 4) is 0 Å². The normalized spacial score (nSPS) is 15.5. The van der Waals surface area contributed by atoms with Crippen LogP contribution in [0, 0.1) is 17.0 Å². The van der Waals surface area contributed by atoms with Gasteiger partial charge in [0.05, 0.1) is 10.5 Å². The zero-order valence-electron chi connectivity index (χ0n) is 15.5. The summed E-state index contributed by atoms with van der Waals surface area (Å²) in [5.41, 5.74) is -0.193. The molecule has 0 aromatic heterocycles. The highest BCUT2D eigenvalue weighted by atomic mass is 16.6. The number of nitro benzene ring substituents is 1. The van der Waals surface area contributed by atoms with Gasteiger partial charge in [-0.25, -0.2) is 9.59 Å². The van der Waals surface area contributed by atoms with Crippen LogP contribution in [0.4, 0.5) is 10.5 Å². The summed E-state index contributed by atoms with van der Waals surface area (Å²) in [6.07, 6.45) is 0.286. The number of benzene rings is 1. The smallest absolute Gasteiger partial charge is 0.410 e. The zero-order chi connectivity index (χ0) is 19.5. The summed E-state index contributed by atoms with van der Waals surface area (Å²) in [5.74, 6) is -0.582. The highest BCUT2D eigenvalue weighted by Crippen LogP contribution is 2.24. The van der Waals surface area contributed by atoms with E-state index in [-0.39, 0.29) is 29.0 Å². The van der Waals surface area contributed by atoms with Gasteiger partial charge in [-0.1, -0.05) is 6.07 Å². The molecule has 0 saturated carbocycles. The third kappa shape index (κ3) is 4.93. The van der Waals surface area contributed by atoms with E-state index in [0.717, 1.165) is 0 Å². The number of esters is 1. The summed E-state index contributed by atoms with van der Waals surface area (Å²) in [6.45, 7) is 7.81. The monoisotopic (exact) mass is 364 g/mol. The number of rotatable bonds is 3. The van der Waals surface area contributed by atoms with E-state index in [1.165, 1.54) is 25.1 Å². The minimum atomic E-state index is -0.582. The number of nitrogens with zero attached hydrogens (tertiary/aromatic N) is 2. The quantitative estimate of drug-likeness (QED) is 0.463. The third-order valence-electron chi connectivity index (χ3n) is 4.09. The van der Waals surface area contributed by atoms with Crippen LogP contribution in [0.2, 0.25) is 0 Å². The van der Waals surface area contributed by atoms with Crippen molar-refractivity contribution in [3.05, 3.63) is 39.4 Å². The van der Waals surface area contributed by atoms with Crippen molar-refractivity contribution in [2.75, 3.05) is 13.1 Å². The van der Waals surface area contributed by atoms with Crippen LogP contribution in [0.25, 0.3) is 0 Å². The molecule has 1 fully saturated rings. The molecule has 2 rings (SSSR count). The minimum Gasteiger partial charge on any atom is -0.459 e. The molecule has 0 aliphatic carbocycles. The van der Waals surface area contributed by atoms with Crippen LogP contribution in [0.3, 0.4) is 0 Å².